The lowest BCUT2D eigenvalue weighted by atomic mass is 9.83. The van der Waals surface area contributed by atoms with E-state index in [1.165, 1.54) is 0 Å². The zero-order valence-corrected chi connectivity index (χ0v) is 18.9. The standard InChI is InChI=1S/C28H26N4O2/c33-27(22-9-8-20-5-1-2-6-21(20)14-22)31-16-19-13-23(18-31)26-11-10-25(28(34)32(26)17-19)30-15-24-7-3-4-12-29-24/h1-12,14,19,23,30H,13,15-18H2/t19-,23+/m0/s1. The average molecular weight is 451 g/mol. The summed E-state index contributed by atoms with van der Waals surface area (Å²) < 4.78 is 1.91. The average Bonchev–Trinajstić information content (AvgIpc) is 2.88. The number of hydrogen-bond acceptors (Lipinski definition) is 4. The molecule has 0 spiro atoms. The van der Waals surface area contributed by atoms with Crippen LogP contribution >= 0.6 is 0 Å². The lowest BCUT2D eigenvalue weighted by Gasteiger charge is -2.43. The molecule has 2 aromatic heterocycles. The van der Waals surface area contributed by atoms with Gasteiger partial charge in [0.05, 0.1) is 12.2 Å². The van der Waals surface area contributed by atoms with E-state index in [0.29, 0.717) is 31.9 Å². The number of carbonyl (C=O) groups is 1. The highest BCUT2D eigenvalue weighted by Crippen LogP contribution is 2.36. The second-order valence-electron chi connectivity index (χ2n) is 9.33. The molecule has 1 N–H and O–H groups in total. The summed E-state index contributed by atoms with van der Waals surface area (Å²) in [6.07, 6.45) is 2.77. The van der Waals surface area contributed by atoms with Crippen LogP contribution < -0.4 is 10.9 Å². The van der Waals surface area contributed by atoms with Gasteiger partial charge in [-0.15, -0.1) is 0 Å². The number of amides is 1. The Morgan fingerprint density at radius 1 is 0.941 bits per heavy atom. The highest BCUT2D eigenvalue weighted by Gasteiger charge is 2.37. The van der Waals surface area contributed by atoms with Crippen molar-refractivity contribution in [2.24, 2.45) is 5.92 Å². The Morgan fingerprint density at radius 3 is 2.65 bits per heavy atom. The zero-order chi connectivity index (χ0) is 23.1. The lowest BCUT2D eigenvalue weighted by Crippen LogP contribution is -2.49. The minimum atomic E-state index is 0.0115. The highest BCUT2D eigenvalue weighted by atomic mass is 16.2. The molecule has 1 amide bonds. The van der Waals surface area contributed by atoms with Crippen molar-refractivity contribution in [1.29, 1.82) is 0 Å². The van der Waals surface area contributed by atoms with Crippen LogP contribution in [-0.4, -0.2) is 33.4 Å². The number of carbonyl (C=O) groups excluding carboxylic acids is 1. The van der Waals surface area contributed by atoms with Crippen LogP contribution in [0.4, 0.5) is 5.69 Å². The van der Waals surface area contributed by atoms with E-state index in [2.05, 4.69) is 16.4 Å². The maximum Gasteiger partial charge on any atom is 0.274 e. The van der Waals surface area contributed by atoms with Crippen molar-refractivity contribution in [3.05, 3.63) is 106 Å². The first-order valence-electron chi connectivity index (χ1n) is 11.8. The third kappa shape index (κ3) is 3.75. The van der Waals surface area contributed by atoms with E-state index in [4.69, 9.17) is 0 Å². The lowest BCUT2D eigenvalue weighted by molar-refractivity contribution is 0.0595. The second kappa shape index (κ2) is 8.45. The van der Waals surface area contributed by atoms with Crippen LogP contribution in [0, 0.1) is 5.92 Å². The van der Waals surface area contributed by atoms with Crippen LogP contribution in [0.2, 0.25) is 0 Å². The van der Waals surface area contributed by atoms with Gasteiger partial charge in [0.2, 0.25) is 0 Å². The van der Waals surface area contributed by atoms with Gasteiger partial charge in [-0.2, -0.15) is 0 Å². The topological polar surface area (TPSA) is 67.2 Å². The fourth-order valence-electron chi connectivity index (χ4n) is 5.44. The predicted molar refractivity (Wildman–Crippen MR) is 133 cm³/mol. The fraction of sp³-hybridized carbons (Fsp3) is 0.250. The van der Waals surface area contributed by atoms with Crippen LogP contribution in [0.15, 0.2) is 83.8 Å². The Labute approximate surface area is 197 Å². The van der Waals surface area contributed by atoms with E-state index < -0.39 is 0 Å². The maximum atomic E-state index is 13.4. The van der Waals surface area contributed by atoms with Gasteiger partial charge < -0.3 is 14.8 Å². The summed E-state index contributed by atoms with van der Waals surface area (Å²) in [5.74, 6) is 0.527. The van der Waals surface area contributed by atoms with E-state index in [9.17, 15) is 9.59 Å². The third-order valence-electron chi connectivity index (χ3n) is 7.07. The molecule has 1 saturated heterocycles. The van der Waals surface area contributed by atoms with Gasteiger partial charge in [0.1, 0.15) is 5.69 Å². The summed E-state index contributed by atoms with van der Waals surface area (Å²) in [6, 6.07) is 23.7. The molecule has 4 aromatic rings. The highest BCUT2D eigenvalue weighted by molar-refractivity contribution is 5.98. The summed E-state index contributed by atoms with van der Waals surface area (Å²) in [5.41, 5.74) is 3.26. The van der Waals surface area contributed by atoms with Gasteiger partial charge in [-0.3, -0.25) is 14.6 Å². The third-order valence-corrected chi connectivity index (χ3v) is 7.07. The van der Waals surface area contributed by atoms with Crippen LogP contribution in [0.25, 0.3) is 10.8 Å². The molecule has 6 heteroatoms. The van der Waals surface area contributed by atoms with E-state index in [0.717, 1.165) is 34.1 Å². The molecule has 2 aliphatic rings. The molecule has 1 fully saturated rings. The number of nitrogens with one attached hydrogen (secondary N) is 1. The van der Waals surface area contributed by atoms with Gasteiger partial charge in [0.15, 0.2) is 0 Å². The Bertz CT molecular complexity index is 1430. The van der Waals surface area contributed by atoms with Crippen molar-refractivity contribution in [1.82, 2.24) is 14.5 Å². The van der Waals surface area contributed by atoms with Gasteiger partial charge >= 0.3 is 0 Å². The Morgan fingerprint density at radius 2 is 1.79 bits per heavy atom. The SMILES string of the molecule is O=C(c1ccc2ccccc2c1)N1C[C@@H]2C[C@H](C1)c1ccc(NCc3ccccn3)c(=O)n1C2. The van der Waals surface area contributed by atoms with Crippen molar-refractivity contribution in [2.45, 2.75) is 25.4 Å². The van der Waals surface area contributed by atoms with Crippen LogP contribution in [0.1, 0.15) is 34.1 Å². The molecule has 4 heterocycles. The number of nitrogens with zero attached hydrogens (tertiary/aromatic N) is 3. The molecule has 34 heavy (non-hydrogen) atoms. The number of pyridine rings is 2. The van der Waals surface area contributed by atoms with Crippen LogP contribution in [0.3, 0.4) is 0 Å². The van der Waals surface area contributed by atoms with Gasteiger partial charge in [0, 0.05) is 43.0 Å². The summed E-state index contributed by atoms with van der Waals surface area (Å²) >= 11 is 0. The largest absolute Gasteiger partial charge is 0.375 e. The molecule has 6 nitrogen and oxygen atoms in total. The first-order chi connectivity index (χ1) is 16.7. The van der Waals surface area contributed by atoms with Crippen molar-refractivity contribution >= 4 is 22.4 Å². The Kier molecular flexibility index (Phi) is 5.13. The molecule has 0 aliphatic carbocycles. The summed E-state index contributed by atoms with van der Waals surface area (Å²) in [6.45, 7) is 2.48. The minimum absolute atomic E-state index is 0.0115. The molecule has 0 saturated carbocycles. The molecule has 6 rings (SSSR count). The molecular weight excluding hydrogens is 424 g/mol. The van der Waals surface area contributed by atoms with Crippen molar-refractivity contribution in [3.63, 3.8) is 0 Å². The van der Waals surface area contributed by atoms with E-state index >= 15 is 0 Å². The van der Waals surface area contributed by atoms with Crippen molar-refractivity contribution < 1.29 is 4.79 Å². The zero-order valence-electron chi connectivity index (χ0n) is 18.9. The normalized spacial score (nSPS) is 19.0. The number of benzene rings is 2. The Balaban J connectivity index is 1.22. The smallest absolute Gasteiger partial charge is 0.274 e. The predicted octanol–water partition coefficient (Wildman–Crippen LogP) is 4.27. The first-order valence-corrected chi connectivity index (χ1v) is 11.8. The van der Waals surface area contributed by atoms with E-state index in [1.54, 1.807) is 6.20 Å². The quantitative estimate of drug-likeness (QED) is 0.504. The van der Waals surface area contributed by atoms with Gasteiger partial charge in [-0.1, -0.05) is 36.4 Å². The maximum absolute atomic E-state index is 13.4. The Hall–Kier alpha value is -3.93. The molecule has 2 aliphatic heterocycles. The number of anilines is 1. The van der Waals surface area contributed by atoms with Gasteiger partial charge in [-0.05, 0) is 59.5 Å². The molecule has 170 valence electrons. The second-order valence-corrected chi connectivity index (χ2v) is 9.33. The monoisotopic (exact) mass is 450 g/mol. The summed E-state index contributed by atoms with van der Waals surface area (Å²) in [7, 11) is 0. The van der Waals surface area contributed by atoms with E-state index in [-0.39, 0.29) is 23.3 Å². The molecular formula is C28H26N4O2. The molecule has 2 bridgehead atoms. The van der Waals surface area contributed by atoms with E-state index in [1.807, 2.05) is 76.2 Å². The summed E-state index contributed by atoms with van der Waals surface area (Å²) in [4.78, 5) is 32.9. The molecule has 0 radical (unpaired) electrons. The fourth-order valence-corrected chi connectivity index (χ4v) is 5.44. The number of likely N-dealkylation sites (tertiary alicyclic amines) is 1. The van der Waals surface area contributed by atoms with Crippen molar-refractivity contribution in [2.75, 3.05) is 18.4 Å². The minimum Gasteiger partial charge on any atom is -0.375 e. The van der Waals surface area contributed by atoms with Crippen molar-refractivity contribution in [3.8, 4) is 0 Å². The molecule has 0 unspecified atom stereocenters. The number of fused-ring (bicyclic) bond motifs is 5. The van der Waals surface area contributed by atoms with Crippen LogP contribution in [0.5, 0.6) is 0 Å². The van der Waals surface area contributed by atoms with Gasteiger partial charge in [0.25, 0.3) is 11.5 Å². The summed E-state index contributed by atoms with van der Waals surface area (Å²) in [5, 5.41) is 5.46. The van der Waals surface area contributed by atoms with Crippen LogP contribution in [-0.2, 0) is 13.1 Å². The first kappa shape index (κ1) is 20.7. The number of piperidine rings is 1. The number of rotatable bonds is 4. The van der Waals surface area contributed by atoms with Gasteiger partial charge in [-0.25, -0.2) is 0 Å². The number of aromatic nitrogens is 2. The molecule has 2 atom stereocenters. The molecule has 2 aromatic carbocycles. The number of hydrogen-bond donors (Lipinski definition) is 1.